The van der Waals surface area contributed by atoms with Crippen LogP contribution in [-0.4, -0.2) is 30.6 Å². The molecule has 2 N–H and O–H groups in total. The maximum absolute atomic E-state index is 8.90. The smallest absolute Gasteiger partial charge is 0.0683 e. The summed E-state index contributed by atoms with van der Waals surface area (Å²) in [4.78, 5) is 2.47. The highest BCUT2D eigenvalue weighted by atomic mass is 15.1. The normalized spacial score (nSPS) is 23.0. The van der Waals surface area contributed by atoms with E-state index >= 15 is 0 Å². The van der Waals surface area contributed by atoms with Crippen molar-refractivity contribution in [2.45, 2.75) is 52.0 Å². The Hall–Kier alpha value is -0.590. The number of hydrogen-bond donors (Lipinski definition) is 1. The molecule has 0 radical (unpaired) electrons. The van der Waals surface area contributed by atoms with Gasteiger partial charge in [-0.25, -0.2) is 0 Å². The highest BCUT2D eigenvalue weighted by molar-refractivity contribution is 4.91. The Kier molecular flexibility index (Phi) is 5.24. The zero-order valence-electron chi connectivity index (χ0n) is 10.7. The van der Waals surface area contributed by atoms with Crippen LogP contribution in [0.4, 0.5) is 0 Å². The third-order valence-corrected chi connectivity index (χ3v) is 3.37. The van der Waals surface area contributed by atoms with Crippen LogP contribution in [0.2, 0.25) is 0 Å². The lowest BCUT2D eigenvalue weighted by Crippen LogP contribution is -2.43. The fourth-order valence-corrected chi connectivity index (χ4v) is 2.25. The second-order valence-corrected chi connectivity index (χ2v) is 5.66. The highest BCUT2D eigenvalue weighted by Gasteiger charge is 2.18. The van der Waals surface area contributed by atoms with E-state index in [-0.39, 0.29) is 5.41 Å². The van der Waals surface area contributed by atoms with Gasteiger partial charge in [-0.3, -0.25) is 0 Å². The van der Waals surface area contributed by atoms with Gasteiger partial charge in [0.1, 0.15) is 0 Å². The topological polar surface area (TPSA) is 53.0 Å². The maximum Gasteiger partial charge on any atom is 0.0683 e. The summed E-state index contributed by atoms with van der Waals surface area (Å²) < 4.78 is 0. The van der Waals surface area contributed by atoms with Crippen molar-refractivity contribution in [3.63, 3.8) is 0 Å². The fourth-order valence-electron chi connectivity index (χ4n) is 2.25. The lowest BCUT2D eigenvalue weighted by molar-refractivity contribution is 0.203. The number of hydrogen-bond acceptors (Lipinski definition) is 3. The summed E-state index contributed by atoms with van der Waals surface area (Å²) in [6, 6.07) is 2.73. The van der Waals surface area contributed by atoms with Crippen LogP contribution in [0, 0.1) is 16.7 Å². The first-order chi connectivity index (χ1) is 7.53. The maximum atomic E-state index is 8.90. The van der Waals surface area contributed by atoms with E-state index < -0.39 is 0 Å². The first-order valence-electron chi connectivity index (χ1n) is 6.43. The van der Waals surface area contributed by atoms with Crippen LogP contribution in [0.25, 0.3) is 0 Å². The van der Waals surface area contributed by atoms with Crippen molar-refractivity contribution in [1.29, 1.82) is 5.26 Å². The largest absolute Gasteiger partial charge is 0.327 e. The molecule has 1 heterocycles. The summed E-state index contributed by atoms with van der Waals surface area (Å²) in [5.74, 6) is 0. The lowest BCUT2D eigenvalue weighted by Gasteiger charge is -2.30. The van der Waals surface area contributed by atoms with Crippen LogP contribution in [0.15, 0.2) is 0 Å². The van der Waals surface area contributed by atoms with Gasteiger partial charge in [0.25, 0.3) is 0 Å². The zero-order chi connectivity index (χ0) is 12.0. The van der Waals surface area contributed by atoms with Crippen LogP contribution in [0.3, 0.4) is 0 Å². The highest BCUT2D eigenvalue weighted by Crippen LogP contribution is 2.21. The van der Waals surface area contributed by atoms with Gasteiger partial charge in [0.2, 0.25) is 0 Å². The van der Waals surface area contributed by atoms with E-state index in [1.54, 1.807) is 0 Å². The second-order valence-electron chi connectivity index (χ2n) is 5.66. The van der Waals surface area contributed by atoms with Crippen LogP contribution in [-0.2, 0) is 0 Å². The molecule has 0 aromatic carbocycles. The van der Waals surface area contributed by atoms with Gasteiger partial charge < -0.3 is 10.6 Å². The average molecular weight is 223 g/mol. The van der Waals surface area contributed by atoms with Crippen LogP contribution < -0.4 is 5.73 Å². The Morgan fingerprint density at radius 1 is 1.44 bits per heavy atom. The van der Waals surface area contributed by atoms with Crippen molar-refractivity contribution in [3.8, 4) is 6.07 Å². The molecule has 1 atom stereocenters. The minimum absolute atomic E-state index is 0.154. The molecule has 0 bridgehead atoms. The predicted octanol–water partition coefficient (Wildman–Crippen LogP) is 2.13. The van der Waals surface area contributed by atoms with E-state index in [0.717, 1.165) is 25.9 Å². The monoisotopic (exact) mass is 223 g/mol. The minimum atomic E-state index is -0.154. The molecule has 1 aliphatic rings. The number of unbranched alkanes of at least 4 members (excludes halogenated alkanes) is 1. The SMILES string of the molecule is CC(C)(C#N)CCCCN1CCCC(N)C1. The molecular formula is C13H25N3. The number of rotatable bonds is 5. The molecule has 0 spiro atoms. The van der Waals surface area contributed by atoms with Crippen molar-refractivity contribution >= 4 is 0 Å². The third kappa shape index (κ3) is 4.96. The molecule has 3 nitrogen and oxygen atoms in total. The molecule has 92 valence electrons. The van der Waals surface area contributed by atoms with Gasteiger partial charge in [-0.1, -0.05) is 6.42 Å². The summed E-state index contributed by atoms with van der Waals surface area (Å²) in [5.41, 5.74) is 5.78. The fraction of sp³-hybridized carbons (Fsp3) is 0.923. The Balaban J connectivity index is 2.09. The van der Waals surface area contributed by atoms with E-state index in [0.29, 0.717) is 6.04 Å². The molecule has 1 unspecified atom stereocenters. The van der Waals surface area contributed by atoms with Gasteiger partial charge in [-0.2, -0.15) is 5.26 Å². The summed E-state index contributed by atoms with van der Waals surface area (Å²) in [7, 11) is 0. The third-order valence-electron chi connectivity index (χ3n) is 3.37. The number of likely N-dealkylation sites (tertiary alicyclic amines) is 1. The minimum Gasteiger partial charge on any atom is -0.327 e. The van der Waals surface area contributed by atoms with Gasteiger partial charge in [-0.15, -0.1) is 0 Å². The molecule has 3 heteroatoms. The summed E-state index contributed by atoms with van der Waals surface area (Å²) in [5, 5.41) is 8.90. The Labute approximate surface area is 99.6 Å². The number of nitrogens with two attached hydrogens (primary N) is 1. The molecule has 0 aliphatic carbocycles. The molecule has 0 amide bonds. The van der Waals surface area contributed by atoms with Gasteiger partial charge in [0.05, 0.1) is 11.5 Å². The van der Waals surface area contributed by atoms with Crippen LogP contribution in [0.5, 0.6) is 0 Å². The average Bonchev–Trinajstić information content (AvgIpc) is 2.25. The number of nitriles is 1. The quantitative estimate of drug-likeness (QED) is 0.726. The Bertz CT molecular complexity index is 242. The van der Waals surface area contributed by atoms with Gasteiger partial charge >= 0.3 is 0 Å². The predicted molar refractivity (Wildman–Crippen MR) is 66.9 cm³/mol. The molecule has 1 aliphatic heterocycles. The van der Waals surface area contributed by atoms with Crippen LogP contribution in [0.1, 0.15) is 46.0 Å². The number of piperidine rings is 1. The molecule has 16 heavy (non-hydrogen) atoms. The first-order valence-corrected chi connectivity index (χ1v) is 6.43. The van der Waals surface area contributed by atoms with Crippen molar-refractivity contribution in [2.75, 3.05) is 19.6 Å². The van der Waals surface area contributed by atoms with Crippen LogP contribution >= 0.6 is 0 Å². The van der Waals surface area contributed by atoms with E-state index in [1.807, 2.05) is 13.8 Å². The van der Waals surface area contributed by atoms with Crippen molar-refractivity contribution in [2.24, 2.45) is 11.1 Å². The molecule has 1 fully saturated rings. The molecule has 0 aromatic rings. The molecule has 0 aromatic heterocycles. The van der Waals surface area contributed by atoms with E-state index in [2.05, 4.69) is 11.0 Å². The van der Waals surface area contributed by atoms with E-state index in [4.69, 9.17) is 11.0 Å². The Morgan fingerprint density at radius 3 is 2.81 bits per heavy atom. The molecule has 1 rings (SSSR count). The molecule has 0 saturated carbocycles. The standard InChI is InChI=1S/C13H25N3/c1-13(2,11-14)7-3-4-8-16-9-5-6-12(15)10-16/h12H,3-10,15H2,1-2H3. The second kappa shape index (κ2) is 6.22. The van der Waals surface area contributed by atoms with Crippen molar-refractivity contribution in [1.82, 2.24) is 4.90 Å². The molecule has 1 saturated heterocycles. The summed E-state index contributed by atoms with van der Waals surface area (Å²) >= 11 is 0. The number of nitrogens with zero attached hydrogens (tertiary/aromatic N) is 2. The van der Waals surface area contributed by atoms with Gasteiger partial charge in [0.15, 0.2) is 0 Å². The molecular weight excluding hydrogens is 198 g/mol. The zero-order valence-corrected chi connectivity index (χ0v) is 10.7. The summed E-state index contributed by atoms with van der Waals surface area (Å²) in [6.45, 7) is 7.44. The lowest BCUT2D eigenvalue weighted by atomic mass is 9.89. The van der Waals surface area contributed by atoms with E-state index in [9.17, 15) is 0 Å². The van der Waals surface area contributed by atoms with E-state index in [1.165, 1.54) is 25.8 Å². The first kappa shape index (κ1) is 13.5. The van der Waals surface area contributed by atoms with Crippen molar-refractivity contribution < 1.29 is 0 Å². The van der Waals surface area contributed by atoms with Gasteiger partial charge in [-0.05, 0) is 52.6 Å². The summed E-state index contributed by atoms with van der Waals surface area (Å²) in [6.07, 6.45) is 5.76. The van der Waals surface area contributed by atoms with Crippen molar-refractivity contribution in [3.05, 3.63) is 0 Å². The Morgan fingerprint density at radius 2 is 2.19 bits per heavy atom. The van der Waals surface area contributed by atoms with Gasteiger partial charge in [0, 0.05) is 12.6 Å².